The van der Waals surface area contributed by atoms with E-state index in [0.29, 0.717) is 38.4 Å². The number of allylic oxidation sites excluding steroid dienone is 1. The van der Waals surface area contributed by atoms with Crippen LogP contribution in [0.25, 0.3) is 17.5 Å². The highest BCUT2D eigenvalue weighted by Crippen LogP contribution is 2.31. The summed E-state index contributed by atoms with van der Waals surface area (Å²) in [4.78, 5) is 0. The standard InChI is InChI=1S/C22H17Cl2N3O/c1-12-7-17(8-18(10-25)16-5-6-20(23)21(24)9-16)14(3)27(12)22-19(11-26)13(2)15(4)28-22/h5-9H,1-4H3/b18-8-. The molecule has 0 fully saturated rings. The summed E-state index contributed by atoms with van der Waals surface area (Å²) in [5, 5.41) is 20.0. The lowest BCUT2D eigenvalue weighted by Gasteiger charge is -2.07. The second-order valence-corrected chi connectivity index (χ2v) is 7.35. The zero-order chi connectivity index (χ0) is 20.6. The van der Waals surface area contributed by atoms with Gasteiger partial charge in [0.05, 0.1) is 21.7 Å². The molecule has 0 aliphatic carbocycles. The van der Waals surface area contributed by atoms with Gasteiger partial charge in [-0.1, -0.05) is 29.3 Å². The van der Waals surface area contributed by atoms with Crippen LogP contribution in [-0.2, 0) is 0 Å². The molecule has 140 valence electrons. The molecule has 0 atom stereocenters. The van der Waals surface area contributed by atoms with Gasteiger partial charge in [-0.2, -0.15) is 10.5 Å². The van der Waals surface area contributed by atoms with Crippen LogP contribution in [0.1, 0.15) is 39.4 Å². The normalized spacial score (nSPS) is 11.4. The van der Waals surface area contributed by atoms with E-state index >= 15 is 0 Å². The predicted molar refractivity (Wildman–Crippen MR) is 112 cm³/mol. The van der Waals surface area contributed by atoms with Gasteiger partial charge < -0.3 is 4.42 Å². The smallest absolute Gasteiger partial charge is 0.222 e. The Morgan fingerprint density at radius 2 is 1.79 bits per heavy atom. The molecule has 3 aromatic rings. The van der Waals surface area contributed by atoms with Gasteiger partial charge in [-0.3, -0.25) is 4.57 Å². The number of halogens is 2. The minimum atomic E-state index is 0.394. The second-order valence-electron chi connectivity index (χ2n) is 6.54. The molecule has 4 nitrogen and oxygen atoms in total. The molecular weight excluding hydrogens is 393 g/mol. The summed E-state index contributed by atoms with van der Waals surface area (Å²) >= 11 is 12.1. The molecule has 3 rings (SSSR count). The third-order valence-corrected chi connectivity index (χ3v) is 5.54. The lowest BCUT2D eigenvalue weighted by atomic mass is 10.0. The lowest BCUT2D eigenvalue weighted by molar-refractivity contribution is 0.503. The molecule has 6 heteroatoms. The highest BCUT2D eigenvalue weighted by Gasteiger charge is 2.20. The number of aryl methyl sites for hydroxylation is 2. The fraction of sp³-hybridized carbons (Fsp3) is 0.182. The van der Waals surface area contributed by atoms with E-state index in [4.69, 9.17) is 27.6 Å². The highest BCUT2D eigenvalue weighted by atomic mass is 35.5. The summed E-state index contributed by atoms with van der Waals surface area (Å²) in [5.41, 5.74) is 5.12. The number of hydrogen-bond donors (Lipinski definition) is 0. The molecule has 0 amide bonds. The first-order chi connectivity index (χ1) is 13.3. The third-order valence-electron chi connectivity index (χ3n) is 4.80. The first kappa shape index (κ1) is 19.8. The van der Waals surface area contributed by atoms with Gasteiger partial charge >= 0.3 is 0 Å². The van der Waals surface area contributed by atoms with Crippen molar-refractivity contribution in [3.05, 3.63) is 73.7 Å². The molecule has 2 aromatic heterocycles. The zero-order valence-electron chi connectivity index (χ0n) is 15.9. The first-order valence-corrected chi connectivity index (χ1v) is 9.30. The van der Waals surface area contributed by atoms with E-state index in [-0.39, 0.29) is 0 Å². The van der Waals surface area contributed by atoms with Crippen LogP contribution in [0.3, 0.4) is 0 Å². The van der Waals surface area contributed by atoms with Crippen LogP contribution in [0.2, 0.25) is 10.0 Å². The van der Waals surface area contributed by atoms with Crippen molar-refractivity contribution in [1.82, 2.24) is 4.57 Å². The molecule has 1 aromatic carbocycles. The van der Waals surface area contributed by atoms with Gasteiger partial charge in [0.15, 0.2) is 0 Å². The Hall–Kier alpha value is -2.92. The first-order valence-electron chi connectivity index (χ1n) is 8.55. The highest BCUT2D eigenvalue weighted by molar-refractivity contribution is 6.42. The monoisotopic (exact) mass is 409 g/mol. The Balaban J connectivity index is 2.15. The van der Waals surface area contributed by atoms with Crippen molar-refractivity contribution in [3.8, 4) is 18.0 Å². The summed E-state index contributed by atoms with van der Waals surface area (Å²) in [5.74, 6) is 1.21. The minimum absolute atomic E-state index is 0.394. The zero-order valence-corrected chi connectivity index (χ0v) is 17.4. The predicted octanol–water partition coefficient (Wildman–Crippen LogP) is 6.55. The van der Waals surface area contributed by atoms with E-state index in [2.05, 4.69) is 12.1 Å². The topological polar surface area (TPSA) is 65.7 Å². The molecule has 0 radical (unpaired) electrons. The van der Waals surface area contributed by atoms with Crippen molar-refractivity contribution >= 4 is 34.9 Å². The maximum Gasteiger partial charge on any atom is 0.222 e. The Morgan fingerprint density at radius 3 is 2.39 bits per heavy atom. The van der Waals surface area contributed by atoms with Gasteiger partial charge in [-0.25, -0.2) is 0 Å². The number of nitriles is 2. The van der Waals surface area contributed by atoms with Crippen molar-refractivity contribution in [3.63, 3.8) is 0 Å². The van der Waals surface area contributed by atoms with E-state index in [9.17, 15) is 10.5 Å². The fourth-order valence-electron chi connectivity index (χ4n) is 3.14. The van der Waals surface area contributed by atoms with Crippen LogP contribution in [0.4, 0.5) is 0 Å². The average molecular weight is 410 g/mol. The van der Waals surface area contributed by atoms with Crippen LogP contribution in [0, 0.1) is 50.4 Å². The number of furan rings is 1. The second kappa shape index (κ2) is 7.60. The van der Waals surface area contributed by atoms with Crippen molar-refractivity contribution in [2.24, 2.45) is 0 Å². The van der Waals surface area contributed by atoms with E-state index in [1.807, 2.05) is 38.3 Å². The lowest BCUT2D eigenvalue weighted by Crippen LogP contribution is -2.00. The quantitative estimate of drug-likeness (QED) is 0.460. The van der Waals surface area contributed by atoms with E-state index in [0.717, 1.165) is 22.5 Å². The minimum Gasteiger partial charge on any atom is -0.443 e. The largest absolute Gasteiger partial charge is 0.443 e. The van der Waals surface area contributed by atoms with Gasteiger partial charge in [0.1, 0.15) is 17.4 Å². The molecule has 0 saturated carbocycles. The molecule has 2 heterocycles. The molecule has 0 spiro atoms. The maximum absolute atomic E-state index is 9.64. The van der Waals surface area contributed by atoms with Gasteiger partial charge in [-0.05, 0) is 63.1 Å². The van der Waals surface area contributed by atoms with Crippen molar-refractivity contribution in [2.45, 2.75) is 27.7 Å². The number of rotatable bonds is 3. The summed E-state index contributed by atoms with van der Waals surface area (Å²) in [6.45, 7) is 7.57. The number of nitrogens with zero attached hydrogens (tertiary/aromatic N) is 3. The van der Waals surface area contributed by atoms with Gasteiger partial charge in [-0.15, -0.1) is 0 Å². The Bertz CT molecular complexity index is 1200. The van der Waals surface area contributed by atoms with E-state index in [1.165, 1.54) is 0 Å². The maximum atomic E-state index is 9.64. The number of aromatic nitrogens is 1. The fourth-order valence-corrected chi connectivity index (χ4v) is 3.44. The summed E-state index contributed by atoms with van der Waals surface area (Å²) in [6.07, 6.45) is 1.80. The Morgan fingerprint density at radius 1 is 1.07 bits per heavy atom. The van der Waals surface area contributed by atoms with E-state index in [1.54, 1.807) is 24.3 Å². The van der Waals surface area contributed by atoms with Crippen LogP contribution in [0.15, 0.2) is 28.7 Å². The molecule has 0 bridgehead atoms. The van der Waals surface area contributed by atoms with Crippen molar-refractivity contribution in [2.75, 3.05) is 0 Å². The molecular formula is C22H17Cl2N3O. The van der Waals surface area contributed by atoms with Crippen molar-refractivity contribution in [1.29, 1.82) is 10.5 Å². The van der Waals surface area contributed by atoms with Crippen LogP contribution < -0.4 is 0 Å². The molecule has 0 saturated heterocycles. The third kappa shape index (κ3) is 3.34. The van der Waals surface area contributed by atoms with Gasteiger partial charge in [0.25, 0.3) is 0 Å². The molecule has 0 aliphatic rings. The Kier molecular flexibility index (Phi) is 5.38. The van der Waals surface area contributed by atoms with Crippen LogP contribution in [-0.4, -0.2) is 4.57 Å². The summed E-state index contributed by atoms with van der Waals surface area (Å²) in [6, 6.07) is 11.5. The molecule has 0 N–H and O–H groups in total. The molecule has 0 unspecified atom stereocenters. The summed E-state index contributed by atoms with van der Waals surface area (Å²) in [7, 11) is 0. The van der Waals surface area contributed by atoms with Crippen LogP contribution in [0.5, 0.6) is 0 Å². The molecule has 0 aliphatic heterocycles. The molecule has 28 heavy (non-hydrogen) atoms. The average Bonchev–Trinajstić information content (AvgIpc) is 3.10. The van der Waals surface area contributed by atoms with Crippen LogP contribution >= 0.6 is 23.2 Å². The number of hydrogen-bond acceptors (Lipinski definition) is 3. The Labute approximate surface area is 173 Å². The summed E-state index contributed by atoms with van der Waals surface area (Å²) < 4.78 is 7.76. The SMILES string of the molecule is Cc1oc(-n2c(C)cc(/C=C(/C#N)c3ccc(Cl)c(Cl)c3)c2C)c(C#N)c1C. The van der Waals surface area contributed by atoms with Gasteiger partial charge in [0.2, 0.25) is 5.88 Å². The van der Waals surface area contributed by atoms with E-state index < -0.39 is 0 Å². The number of benzene rings is 1. The van der Waals surface area contributed by atoms with Crippen molar-refractivity contribution < 1.29 is 4.42 Å². The van der Waals surface area contributed by atoms with Gasteiger partial charge in [0, 0.05) is 17.0 Å².